The van der Waals surface area contributed by atoms with Crippen LogP contribution in [0.25, 0.3) is 0 Å². The third kappa shape index (κ3) is 4.04. The zero-order valence-electron chi connectivity index (χ0n) is 11.3. The van der Waals surface area contributed by atoms with Gasteiger partial charge in [-0.2, -0.15) is 0 Å². The van der Waals surface area contributed by atoms with Crippen LogP contribution in [0.4, 0.5) is 0 Å². The average Bonchev–Trinajstić information content (AvgIpc) is 2.67. The second-order valence-electron chi connectivity index (χ2n) is 5.13. The lowest BCUT2D eigenvalue weighted by Crippen LogP contribution is -2.49. The Morgan fingerprint density at radius 3 is 2.81 bits per heavy atom. The molecule has 0 saturated carbocycles. The molecule has 0 aromatic rings. The maximum absolute atomic E-state index is 5.26. The van der Waals surface area contributed by atoms with Crippen molar-refractivity contribution in [3.05, 3.63) is 0 Å². The Morgan fingerprint density at radius 2 is 2.19 bits per heavy atom. The molecule has 3 atom stereocenters. The number of nitrogens with one attached hydrogen (secondary N) is 1. The van der Waals surface area contributed by atoms with Gasteiger partial charge in [0.2, 0.25) is 0 Å². The number of hydrazine groups is 1. The van der Waals surface area contributed by atoms with Crippen molar-refractivity contribution < 1.29 is 4.74 Å². The number of hydrogen-bond acceptors (Lipinski definition) is 3. The van der Waals surface area contributed by atoms with E-state index in [1.54, 1.807) is 7.11 Å². The highest BCUT2D eigenvalue weighted by Gasteiger charge is 2.26. The van der Waals surface area contributed by atoms with Crippen LogP contribution >= 0.6 is 0 Å². The van der Waals surface area contributed by atoms with Crippen LogP contribution in [0.1, 0.15) is 46.5 Å². The summed E-state index contributed by atoms with van der Waals surface area (Å²) in [4.78, 5) is 0. The Bertz CT molecular complexity index is 187. The third-order valence-electron chi connectivity index (χ3n) is 3.70. The minimum atomic E-state index is 0.567. The highest BCUT2D eigenvalue weighted by atomic mass is 16.5. The van der Waals surface area contributed by atoms with Gasteiger partial charge in [0.25, 0.3) is 0 Å². The molecule has 16 heavy (non-hydrogen) atoms. The fourth-order valence-electron chi connectivity index (χ4n) is 2.47. The Labute approximate surface area is 101 Å². The lowest BCUT2D eigenvalue weighted by atomic mass is 9.99. The molecule has 0 amide bonds. The van der Waals surface area contributed by atoms with Crippen LogP contribution < -0.4 is 5.43 Å². The minimum absolute atomic E-state index is 0.567. The summed E-state index contributed by atoms with van der Waals surface area (Å²) in [5.41, 5.74) is 3.65. The molecule has 0 aromatic heterocycles. The number of nitrogens with zero attached hydrogens (tertiary/aromatic N) is 1. The van der Waals surface area contributed by atoms with Crippen LogP contribution in [0.2, 0.25) is 0 Å². The summed E-state index contributed by atoms with van der Waals surface area (Å²) < 4.78 is 5.26. The maximum Gasteiger partial charge on any atom is 0.0632 e. The topological polar surface area (TPSA) is 24.5 Å². The van der Waals surface area contributed by atoms with E-state index in [4.69, 9.17) is 4.74 Å². The molecule has 1 aliphatic rings. The molecule has 1 saturated heterocycles. The number of rotatable bonds is 7. The lowest BCUT2D eigenvalue weighted by molar-refractivity contribution is 0.0644. The van der Waals surface area contributed by atoms with Gasteiger partial charge in [-0.25, -0.2) is 5.01 Å². The highest BCUT2D eigenvalue weighted by Crippen LogP contribution is 2.17. The van der Waals surface area contributed by atoms with Crippen LogP contribution in [0.15, 0.2) is 0 Å². The summed E-state index contributed by atoms with van der Waals surface area (Å²) in [6.45, 7) is 8.90. The quantitative estimate of drug-likeness (QED) is 0.724. The smallest absolute Gasteiger partial charge is 0.0632 e. The standard InChI is InChI=1S/C13H28N2O/c1-5-7-11(2)12(3)14-15-9-6-8-13(15)10-16-4/h11-14H,5-10H2,1-4H3/t11-,12-,13+/m1/s1. The summed E-state index contributed by atoms with van der Waals surface area (Å²) in [6, 6.07) is 1.14. The van der Waals surface area contributed by atoms with Crippen molar-refractivity contribution in [3.63, 3.8) is 0 Å². The zero-order chi connectivity index (χ0) is 12.0. The molecule has 0 aromatic carbocycles. The van der Waals surface area contributed by atoms with Crippen LogP contribution in [0.3, 0.4) is 0 Å². The maximum atomic E-state index is 5.26. The molecule has 0 unspecified atom stereocenters. The first-order valence-corrected chi connectivity index (χ1v) is 6.70. The van der Waals surface area contributed by atoms with Crippen LogP contribution in [-0.2, 0) is 4.74 Å². The van der Waals surface area contributed by atoms with E-state index in [9.17, 15) is 0 Å². The van der Waals surface area contributed by atoms with Gasteiger partial charge >= 0.3 is 0 Å². The van der Waals surface area contributed by atoms with Gasteiger partial charge in [0.1, 0.15) is 0 Å². The van der Waals surface area contributed by atoms with Gasteiger partial charge in [-0.15, -0.1) is 0 Å². The van der Waals surface area contributed by atoms with Gasteiger partial charge in [-0.05, 0) is 32.1 Å². The molecular formula is C13H28N2O. The van der Waals surface area contributed by atoms with E-state index in [1.165, 1.54) is 25.7 Å². The molecule has 3 nitrogen and oxygen atoms in total. The molecule has 96 valence electrons. The summed E-state index contributed by atoms with van der Waals surface area (Å²) in [5, 5.41) is 2.39. The van der Waals surface area contributed by atoms with E-state index < -0.39 is 0 Å². The van der Waals surface area contributed by atoms with Gasteiger partial charge in [-0.3, -0.25) is 5.43 Å². The summed E-state index contributed by atoms with van der Waals surface area (Å²) >= 11 is 0. The van der Waals surface area contributed by atoms with Crippen LogP contribution in [0.5, 0.6) is 0 Å². The number of hydrogen-bond donors (Lipinski definition) is 1. The minimum Gasteiger partial charge on any atom is -0.383 e. The molecule has 0 spiro atoms. The molecule has 3 heteroatoms. The number of methoxy groups -OCH3 is 1. The van der Waals surface area contributed by atoms with Gasteiger partial charge in [0.05, 0.1) is 6.61 Å². The van der Waals surface area contributed by atoms with Crippen molar-refractivity contribution in [1.29, 1.82) is 0 Å². The van der Waals surface area contributed by atoms with E-state index in [0.717, 1.165) is 19.1 Å². The van der Waals surface area contributed by atoms with E-state index in [1.807, 2.05) is 0 Å². The van der Waals surface area contributed by atoms with E-state index in [2.05, 4.69) is 31.2 Å². The number of ether oxygens (including phenoxy) is 1. The van der Waals surface area contributed by atoms with Crippen molar-refractivity contribution in [1.82, 2.24) is 10.4 Å². The molecule has 1 rings (SSSR count). The molecule has 0 aliphatic carbocycles. The fraction of sp³-hybridized carbons (Fsp3) is 1.00. The first-order valence-electron chi connectivity index (χ1n) is 6.70. The summed E-state index contributed by atoms with van der Waals surface area (Å²) in [7, 11) is 1.79. The van der Waals surface area contributed by atoms with Crippen molar-refractivity contribution >= 4 is 0 Å². The van der Waals surface area contributed by atoms with E-state index >= 15 is 0 Å². The van der Waals surface area contributed by atoms with Crippen LogP contribution in [0, 0.1) is 5.92 Å². The zero-order valence-corrected chi connectivity index (χ0v) is 11.3. The Kier molecular flexibility index (Phi) is 6.32. The molecular weight excluding hydrogens is 200 g/mol. The van der Waals surface area contributed by atoms with Gasteiger partial charge < -0.3 is 4.74 Å². The van der Waals surface area contributed by atoms with Gasteiger partial charge in [0, 0.05) is 25.7 Å². The largest absolute Gasteiger partial charge is 0.383 e. The van der Waals surface area contributed by atoms with Gasteiger partial charge in [-0.1, -0.05) is 20.3 Å². The van der Waals surface area contributed by atoms with Crippen molar-refractivity contribution in [2.45, 2.75) is 58.5 Å². The molecule has 1 aliphatic heterocycles. The Morgan fingerprint density at radius 1 is 1.44 bits per heavy atom. The van der Waals surface area contributed by atoms with Crippen molar-refractivity contribution in [3.8, 4) is 0 Å². The monoisotopic (exact) mass is 228 g/mol. The molecule has 0 radical (unpaired) electrons. The normalized spacial score (nSPS) is 25.9. The van der Waals surface area contributed by atoms with E-state index in [0.29, 0.717) is 12.1 Å². The third-order valence-corrected chi connectivity index (χ3v) is 3.70. The Balaban J connectivity index is 2.34. The van der Waals surface area contributed by atoms with E-state index in [-0.39, 0.29) is 0 Å². The Hall–Kier alpha value is -0.120. The average molecular weight is 228 g/mol. The molecule has 1 fully saturated rings. The molecule has 1 heterocycles. The van der Waals surface area contributed by atoms with Gasteiger partial charge in [0.15, 0.2) is 0 Å². The van der Waals surface area contributed by atoms with Crippen LogP contribution in [-0.4, -0.2) is 37.4 Å². The predicted octanol–water partition coefficient (Wildman–Crippen LogP) is 2.43. The summed E-state index contributed by atoms with van der Waals surface area (Å²) in [5.74, 6) is 0.744. The van der Waals surface area contributed by atoms with Crippen molar-refractivity contribution in [2.75, 3.05) is 20.3 Å². The summed E-state index contributed by atoms with van der Waals surface area (Å²) in [6.07, 6.45) is 5.12. The fourth-order valence-corrected chi connectivity index (χ4v) is 2.47. The lowest BCUT2D eigenvalue weighted by Gasteiger charge is -2.31. The second kappa shape index (κ2) is 7.25. The molecule has 0 bridgehead atoms. The first kappa shape index (κ1) is 13.9. The highest BCUT2D eigenvalue weighted by molar-refractivity contribution is 4.78. The second-order valence-corrected chi connectivity index (χ2v) is 5.13. The first-order chi connectivity index (χ1) is 7.69. The predicted molar refractivity (Wildman–Crippen MR) is 68.3 cm³/mol. The molecule has 1 N–H and O–H groups in total. The SMILES string of the molecule is CCC[C@@H](C)[C@@H](C)NN1CCC[C@H]1COC. The van der Waals surface area contributed by atoms with Crippen molar-refractivity contribution in [2.24, 2.45) is 5.92 Å².